The zero-order chi connectivity index (χ0) is 21.8. The second kappa shape index (κ2) is 9.23. The SMILES string of the molecule is Cc1nnc2c(NCCCCNC(=O)OCC(C)C)nc3cc4c(cc3n12)OCCO4. The van der Waals surface area contributed by atoms with Gasteiger partial charge in [0.15, 0.2) is 17.3 Å². The van der Waals surface area contributed by atoms with E-state index in [1.54, 1.807) is 0 Å². The van der Waals surface area contributed by atoms with Gasteiger partial charge in [-0.15, -0.1) is 10.2 Å². The quantitative estimate of drug-likeness (QED) is 0.527. The molecular formula is C21H28N6O4. The molecular weight excluding hydrogens is 400 g/mol. The number of amides is 1. The van der Waals surface area contributed by atoms with Crippen LogP contribution in [0.4, 0.5) is 10.6 Å². The van der Waals surface area contributed by atoms with Gasteiger partial charge in [-0.05, 0) is 25.7 Å². The van der Waals surface area contributed by atoms with Crippen LogP contribution in [0.25, 0.3) is 16.7 Å². The normalized spacial score (nSPS) is 13.0. The Morgan fingerprint density at radius 2 is 1.90 bits per heavy atom. The number of nitrogens with zero attached hydrogens (tertiary/aromatic N) is 4. The van der Waals surface area contributed by atoms with Crippen LogP contribution in [-0.4, -0.2) is 58.6 Å². The number of benzene rings is 1. The van der Waals surface area contributed by atoms with Gasteiger partial charge in [0.25, 0.3) is 0 Å². The standard InChI is InChI=1S/C21H28N6O4/c1-13(2)12-31-21(28)23-7-5-4-6-22-19-20-26-25-14(3)27(20)16-11-18-17(10-15(16)24-19)29-8-9-30-18/h10-11,13H,4-9,12H2,1-3H3,(H,22,24)(H,23,28). The van der Waals surface area contributed by atoms with Gasteiger partial charge in [0.2, 0.25) is 5.65 Å². The Hall–Kier alpha value is -3.30. The maximum atomic E-state index is 11.6. The number of unbranched alkanes of at least 4 members (excludes halogenated alkanes) is 1. The van der Waals surface area contributed by atoms with E-state index in [1.165, 1.54) is 0 Å². The van der Waals surface area contributed by atoms with Crippen molar-refractivity contribution in [3.8, 4) is 11.5 Å². The monoisotopic (exact) mass is 428 g/mol. The Balaban J connectivity index is 1.40. The first kappa shape index (κ1) is 21.0. The highest BCUT2D eigenvalue weighted by Crippen LogP contribution is 2.35. The molecule has 0 unspecified atom stereocenters. The van der Waals surface area contributed by atoms with Crippen molar-refractivity contribution in [2.24, 2.45) is 5.92 Å². The molecule has 0 spiro atoms. The molecule has 0 saturated heterocycles. The number of anilines is 1. The fraction of sp³-hybridized carbons (Fsp3) is 0.524. The lowest BCUT2D eigenvalue weighted by Crippen LogP contribution is -2.26. The molecule has 0 saturated carbocycles. The summed E-state index contributed by atoms with van der Waals surface area (Å²) in [5.74, 6) is 3.15. The van der Waals surface area contributed by atoms with Crippen LogP contribution in [0.1, 0.15) is 32.5 Å². The number of aryl methyl sites for hydroxylation is 1. The summed E-state index contributed by atoms with van der Waals surface area (Å²) in [4.78, 5) is 16.3. The van der Waals surface area contributed by atoms with Crippen LogP contribution >= 0.6 is 0 Å². The number of alkyl carbamates (subject to hydrolysis) is 1. The molecule has 2 N–H and O–H groups in total. The minimum atomic E-state index is -0.368. The minimum absolute atomic E-state index is 0.326. The van der Waals surface area contributed by atoms with Crippen molar-refractivity contribution in [1.82, 2.24) is 24.9 Å². The first-order valence-electron chi connectivity index (χ1n) is 10.6. The van der Waals surface area contributed by atoms with Crippen LogP contribution in [0, 0.1) is 12.8 Å². The van der Waals surface area contributed by atoms with E-state index in [9.17, 15) is 4.79 Å². The fourth-order valence-electron chi connectivity index (χ4n) is 3.37. The first-order valence-corrected chi connectivity index (χ1v) is 10.6. The van der Waals surface area contributed by atoms with Crippen LogP contribution in [0.2, 0.25) is 0 Å². The number of fused-ring (bicyclic) bond motifs is 4. The lowest BCUT2D eigenvalue weighted by molar-refractivity contribution is 0.133. The number of ether oxygens (including phenoxy) is 3. The number of carbonyl (C=O) groups excluding carboxylic acids is 1. The fourth-order valence-corrected chi connectivity index (χ4v) is 3.37. The van der Waals surface area contributed by atoms with Crippen molar-refractivity contribution < 1.29 is 19.0 Å². The number of carbonyl (C=O) groups is 1. The largest absolute Gasteiger partial charge is 0.486 e. The van der Waals surface area contributed by atoms with E-state index >= 15 is 0 Å². The molecule has 10 nitrogen and oxygen atoms in total. The molecule has 3 heterocycles. The van der Waals surface area contributed by atoms with Crippen LogP contribution in [0.3, 0.4) is 0 Å². The van der Waals surface area contributed by atoms with Crippen molar-refractivity contribution in [2.75, 3.05) is 38.2 Å². The molecule has 3 aromatic rings. The lowest BCUT2D eigenvalue weighted by Gasteiger charge is -2.19. The molecule has 1 aliphatic heterocycles. The molecule has 0 bridgehead atoms. The number of aromatic nitrogens is 4. The van der Waals surface area contributed by atoms with E-state index in [-0.39, 0.29) is 6.09 Å². The van der Waals surface area contributed by atoms with Gasteiger partial charge in [-0.2, -0.15) is 0 Å². The Morgan fingerprint density at radius 1 is 1.16 bits per heavy atom. The molecule has 0 fully saturated rings. The van der Waals surface area contributed by atoms with Gasteiger partial charge in [0.1, 0.15) is 19.0 Å². The maximum Gasteiger partial charge on any atom is 0.407 e. The summed E-state index contributed by atoms with van der Waals surface area (Å²) in [7, 11) is 0. The van der Waals surface area contributed by atoms with E-state index in [0.29, 0.717) is 61.8 Å². The van der Waals surface area contributed by atoms with Crippen LogP contribution in [0.15, 0.2) is 12.1 Å². The van der Waals surface area contributed by atoms with Crippen LogP contribution < -0.4 is 20.1 Å². The molecule has 1 aromatic carbocycles. The summed E-state index contributed by atoms with van der Waals surface area (Å²) in [5.41, 5.74) is 2.31. The van der Waals surface area contributed by atoms with E-state index in [4.69, 9.17) is 19.2 Å². The Kier molecular flexibility index (Phi) is 6.24. The van der Waals surface area contributed by atoms with Gasteiger partial charge in [-0.25, -0.2) is 9.78 Å². The van der Waals surface area contributed by atoms with Gasteiger partial charge in [0.05, 0.1) is 17.6 Å². The lowest BCUT2D eigenvalue weighted by atomic mass is 10.2. The molecule has 10 heteroatoms. The Morgan fingerprint density at radius 3 is 2.68 bits per heavy atom. The highest BCUT2D eigenvalue weighted by atomic mass is 16.6. The molecule has 1 amide bonds. The summed E-state index contributed by atoms with van der Waals surface area (Å²) >= 11 is 0. The number of rotatable bonds is 8. The molecule has 0 radical (unpaired) electrons. The summed E-state index contributed by atoms with van der Waals surface area (Å²) in [5, 5.41) is 14.6. The third kappa shape index (κ3) is 4.73. The molecule has 4 rings (SSSR count). The minimum Gasteiger partial charge on any atom is -0.486 e. The van der Waals surface area contributed by atoms with Crippen molar-refractivity contribution in [3.63, 3.8) is 0 Å². The van der Waals surface area contributed by atoms with E-state index < -0.39 is 0 Å². The second-order valence-electron chi connectivity index (χ2n) is 7.90. The number of nitrogens with one attached hydrogen (secondary N) is 2. The molecule has 31 heavy (non-hydrogen) atoms. The predicted molar refractivity (Wildman–Crippen MR) is 116 cm³/mol. The van der Waals surface area contributed by atoms with Crippen molar-refractivity contribution in [2.45, 2.75) is 33.6 Å². The maximum absolute atomic E-state index is 11.6. The summed E-state index contributed by atoms with van der Waals surface area (Å²) in [6, 6.07) is 3.81. The van der Waals surface area contributed by atoms with Crippen molar-refractivity contribution >= 4 is 28.6 Å². The van der Waals surface area contributed by atoms with E-state index in [0.717, 1.165) is 29.7 Å². The third-order valence-corrected chi connectivity index (χ3v) is 4.86. The molecule has 0 aliphatic carbocycles. The van der Waals surface area contributed by atoms with E-state index in [2.05, 4.69) is 20.8 Å². The van der Waals surface area contributed by atoms with Gasteiger partial charge in [-0.1, -0.05) is 13.8 Å². The Bertz CT molecular complexity index is 1080. The summed E-state index contributed by atoms with van der Waals surface area (Å²) < 4.78 is 18.5. The summed E-state index contributed by atoms with van der Waals surface area (Å²) in [6.45, 7) is 8.64. The molecule has 166 valence electrons. The zero-order valence-electron chi connectivity index (χ0n) is 18.1. The average Bonchev–Trinajstić information content (AvgIpc) is 3.15. The predicted octanol–water partition coefficient (Wildman–Crippen LogP) is 2.93. The smallest absolute Gasteiger partial charge is 0.407 e. The van der Waals surface area contributed by atoms with E-state index in [1.807, 2.05) is 37.3 Å². The first-order chi connectivity index (χ1) is 15.0. The average molecular weight is 428 g/mol. The highest BCUT2D eigenvalue weighted by Gasteiger charge is 2.18. The number of hydrogen-bond donors (Lipinski definition) is 2. The van der Waals surface area contributed by atoms with Gasteiger partial charge < -0.3 is 24.8 Å². The molecule has 1 aliphatic rings. The zero-order valence-corrected chi connectivity index (χ0v) is 18.1. The van der Waals surface area contributed by atoms with Crippen molar-refractivity contribution in [3.05, 3.63) is 18.0 Å². The highest BCUT2D eigenvalue weighted by molar-refractivity contribution is 5.86. The Labute approximate surface area is 180 Å². The molecule has 2 aromatic heterocycles. The van der Waals surface area contributed by atoms with Gasteiger partial charge in [0, 0.05) is 25.2 Å². The third-order valence-electron chi connectivity index (χ3n) is 4.86. The van der Waals surface area contributed by atoms with Crippen LogP contribution in [-0.2, 0) is 4.74 Å². The summed E-state index contributed by atoms with van der Waals surface area (Å²) in [6.07, 6.45) is 1.30. The van der Waals surface area contributed by atoms with Crippen molar-refractivity contribution in [1.29, 1.82) is 0 Å². The molecule has 0 atom stereocenters. The van der Waals surface area contributed by atoms with Gasteiger partial charge >= 0.3 is 6.09 Å². The second-order valence-corrected chi connectivity index (χ2v) is 7.90. The van der Waals surface area contributed by atoms with Gasteiger partial charge in [-0.3, -0.25) is 4.40 Å². The van der Waals surface area contributed by atoms with Crippen LogP contribution in [0.5, 0.6) is 11.5 Å². The number of hydrogen-bond acceptors (Lipinski definition) is 8. The topological polar surface area (TPSA) is 112 Å².